The normalized spacial score (nSPS) is 13.7. The summed E-state index contributed by atoms with van der Waals surface area (Å²) in [6.07, 6.45) is 0.379. The van der Waals surface area contributed by atoms with Gasteiger partial charge in [0, 0.05) is 11.3 Å². The number of carbonyl (C=O) groups excluding carboxylic acids is 1. The first-order chi connectivity index (χ1) is 8.28. The molecule has 0 fully saturated rings. The Balaban J connectivity index is 3.11. The van der Waals surface area contributed by atoms with Crippen LogP contribution in [0.2, 0.25) is 0 Å². The molecular formula is C12H17N3O3. The van der Waals surface area contributed by atoms with Gasteiger partial charge in [-0.2, -0.15) is 0 Å². The van der Waals surface area contributed by atoms with E-state index in [1.54, 1.807) is 26.8 Å². The molecule has 98 valence electrons. The molecule has 1 unspecified atom stereocenters. The highest BCUT2D eigenvalue weighted by molar-refractivity contribution is 5.93. The van der Waals surface area contributed by atoms with Crippen LogP contribution in [0, 0.1) is 6.92 Å². The summed E-state index contributed by atoms with van der Waals surface area (Å²) in [6, 6.07) is 3.00. The molecule has 1 rings (SSSR count). The molecule has 6 nitrogen and oxygen atoms in total. The molecule has 1 amide bonds. The lowest BCUT2D eigenvalue weighted by atomic mass is 9.99. The van der Waals surface area contributed by atoms with Gasteiger partial charge in [0.05, 0.1) is 0 Å². The van der Waals surface area contributed by atoms with E-state index in [2.05, 4.69) is 10.3 Å². The number of hydrogen-bond acceptors (Lipinski definition) is 4. The molecule has 0 spiro atoms. The van der Waals surface area contributed by atoms with Crippen LogP contribution in [0.1, 0.15) is 36.3 Å². The molecular weight excluding hydrogens is 234 g/mol. The van der Waals surface area contributed by atoms with Crippen molar-refractivity contribution in [1.29, 1.82) is 0 Å². The number of amides is 1. The summed E-state index contributed by atoms with van der Waals surface area (Å²) in [5.41, 5.74) is 4.96. The van der Waals surface area contributed by atoms with Gasteiger partial charge < -0.3 is 16.2 Å². The van der Waals surface area contributed by atoms with Gasteiger partial charge >= 0.3 is 5.97 Å². The van der Waals surface area contributed by atoms with Gasteiger partial charge in [-0.1, -0.05) is 6.92 Å². The quantitative estimate of drug-likeness (QED) is 0.728. The lowest BCUT2D eigenvalue weighted by molar-refractivity contribution is -0.141. The van der Waals surface area contributed by atoms with Gasteiger partial charge in [-0.05, 0) is 32.4 Å². The molecule has 1 atom stereocenters. The van der Waals surface area contributed by atoms with Crippen LogP contribution in [0.3, 0.4) is 0 Å². The topological polar surface area (TPSA) is 105 Å². The zero-order chi connectivity index (χ0) is 13.9. The van der Waals surface area contributed by atoms with Gasteiger partial charge in [0.2, 0.25) is 5.91 Å². The number of aromatic nitrogens is 1. The molecule has 0 bridgehead atoms. The second kappa shape index (κ2) is 5.03. The Morgan fingerprint density at radius 3 is 2.56 bits per heavy atom. The Labute approximate surface area is 105 Å². The SMILES string of the molecule is CCC(C)(Nc1cc(C(N)=O)cc(C)n1)C(=O)O. The van der Waals surface area contributed by atoms with Crippen LogP contribution in [0.15, 0.2) is 12.1 Å². The van der Waals surface area contributed by atoms with Crippen LogP contribution in [-0.2, 0) is 4.79 Å². The Bertz CT molecular complexity index is 487. The molecule has 6 heteroatoms. The van der Waals surface area contributed by atoms with Crippen molar-refractivity contribution >= 4 is 17.7 Å². The van der Waals surface area contributed by atoms with Crippen molar-refractivity contribution in [3.05, 3.63) is 23.4 Å². The molecule has 0 radical (unpaired) electrons. The summed E-state index contributed by atoms with van der Waals surface area (Å²) >= 11 is 0. The van der Waals surface area contributed by atoms with Crippen molar-refractivity contribution in [1.82, 2.24) is 4.98 Å². The monoisotopic (exact) mass is 251 g/mol. The van der Waals surface area contributed by atoms with Gasteiger partial charge in [-0.3, -0.25) is 4.79 Å². The van der Waals surface area contributed by atoms with E-state index in [0.29, 0.717) is 23.5 Å². The van der Waals surface area contributed by atoms with Crippen LogP contribution >= 0.6 is 0 Å². The predicted molar refractivity (Wildman–Crippen MR) is 67.4 cm³/mol. The van der Waals surface area contributed by atoms with E-state index in [1.165, 1.54) is 6.07 Å². The first-order valence-electron chi connectivity index (χ1n) is 5.58. The largest absolute Gasteiger partial charge is 0.480 e. The van der Waals surface area contributed by atoms with Crippen molar-refractivity contribution in [3.63, 3.8) is 0 Å². The first kappa shape index (κ1) is 14.0. The van der Waals surface area contributed by atoms with Gasteiger partial charge in [-0.25, -0.2) is 9.78 Å². The number of carbonyl (C=O) groups is 2. The van der Waals surface area contributed by atoms with Crippen LogP contribution in [0.25, 0.3) is 0 Å². The van der Waals surface area contributed by atoms with Crippen LogP contribution in [-0.4, -0.2) is 27.5 Å². The minimum Gasteiger partial charge on any atom is -0.480 e. The fourth-order valence-electron chi connectivity index (χ4n) is 1.45. The Morgan fingerprint density at radius 1 is 1.50 bits per heavy atom. The predicted octanol–water partition coefficient (Wildman–Crippen LogP) is 1.15. The second-order valence-corrected chi connectivity index (χ2v) is 4.36. The number of hydrogen-bond donors (Lipinski definition) is 3. The summed E-state index contributed by atoms with van der Waals surface area (Å²) in [5.74, 6) is -1.22. The number of anilines is 1. The van der Waals surface area contributed by atoms with Crippen LogP contribution < -0.4 is 11.1 Å². The lowest BCUT2D eigenvalue weighted by Crippen LogP contribution is -2.43. The molecule has 0 aliphatic heterocycles. The summed E-state index contributed by atoms with van der Waals surface area (Å²) < 4.78 is 0. The zero-order valence-electron chi connectivity index (χ0n) is 10.7. The fraction of sp³-hybridized carbons (Fsp3) is 0.417. The maximum Gasteiger partial charge on any atom is 0.329 e. The minimum atomic E-state index is -1.13. The number of rotatable bonds is 5. The summed E-state index contributed by atoms with van der Waals surface area (Å²) in [7, 11) is 0. The van der Waals surface area contributed by atoms with Crippen LogP contribution in [0.4, 0.5) is 5.82 Å². The number of carboxylic acid groups (broad SMARTS) is 1. The van der Waals surface area contributed by atoms with Crippen molar-refractivity contribution in [2.24, 2.45) is 5.73 Å². The van der Waals surface area contributed by atoms with Crippen molar-refractivity contribution < 1.29 is 14.7 Å². The number of nitrogens with one attached hydrogen (secondary N) is 1. The van der Waals surface area contributed by atoms with Gasteiger partial charge in [-0.15, -0.1) is 0 Å². The first-order valence-corrected chi connectivity index (χ1v) is 5.58. The molecule has 1 heterocycles. The molecule has 4 N–H and O–H groups in total. The van der Waals surface area contributed by atoms with Gasteiger partial charge in [0.1, 0.15) is 11.4 Å². The van der Waals surface area contributed by atoms with E-state index in [9.17, 15) is 9.59 Å². The van der Waals surface area contributed by atoms with E-state index < -0.39 is 17.4 Å². The third-order valence-electron chi connectivity index (χ3n) is 2.82. The second-order valence-electron chi connectivity index (χ2n) is 4.36. The minimum absolute atomic E-state index is 0.300. The number of aliphatic carboxylic acids is 1. The van der Waals surface area contributed by atoms with Crippen molar-refractivity contribution in [2.45, 2.75) is 32.7 Å². The number of pyridine rings is 1. The Kier molecular flexibility index (Phi) is 3.90. The van der Waals surface area contributed by atoms with Crippen molar-refractivity contribution in [3.8, 4) is 0 Å². The number of aryl methyl sites for hydroxylation is 1. The van der Waals surface area contributed by atoms with E-state index >= 15 is 0 Å². The third-order valence-corrected chi connectivity index (χ3v) is 2.82. The van der Waals surface area contributed by atoms with Crippen molar-refractivity contribution in [2.75, 3.05) is 5.32 Å². The smallest absolute Gasteiger partial charge is 0.329 e. The summed E-state index contributed by atoms with van der Waals surface area (Å²) in [5, 5.41) is 12.0. The molecule has 0 saturated carbocycles. The Hall–Kier alpha value is -2.11. The van der Waals surface area contributed by atoms with E-state index in [0.717, 1.165) is 0 Å². The highest BCUT2D eigenvalue weighted by Gasteiger charge is 2.31. The Morgan fingerprint density at radius 2 is 2.11 bits per heavy atom. The molecule has 0 aromatic carbocycles. The summed E-state index contributed by atoms with van der Waals surface area (Å²) in [4.78, 5) is 26.5. The molecule has 0 aliphatic rings. The van der Waals surface area contributed by atoms with E-state index in [1.807, 2.05) is 0 Å². The number of primary amides is 1. The highest BCUT2D eigenvalue weighted by atomic mass is 16.4. The average Bonchev–Trinajstić information content (AvgIpc) is 2.27. The number of nitrogens with zero attached hydrogens (tertiary/aromatic N) is 1. The summed E-state index contributed by atoms with van der Waals surface area (Å²) in [6.45, 7) is 5.02. The fourth-order valence-corrected chi connectivity index (χ4v) is 1.45. The molecule has 0 aliphatic carbocycles. The van der Waals surface area contributed by atoms with E-state index in [4.69, 9.17) is 10.8 Å². The number of nitrogens with two attached hydrogens (primary N) is 1. The molecule has 18 heavy (non-hydrogen) atoms. The highest BCUT2D eigenvalue weighted by Crippen LogP contribution is 2.19. The maximum absolute atomic E-state index is 11.2. The van der Waals surface area contributed by atoms with Gasteiger partial charge in [0.15, 0.2) is 0 Å². The third kappa shape index (κ3) is 2.97. The van der Waals surface area contributed by atoms with Gasteiger partial charge in [0.25, 0.3) is 0 Å². The molecule has 0 saturated heterocycles. The van der Waals surface area contributed by atoms with Crippen LogP contribution in [0.5, 0.6) is 0 Å². The number of carboxylic acids is 1. The maximum atomic E-state index is 11.2. The zero-order valence-corrected chi connectivity index (χ0v) is 10.7. The standard InChI is InChI=1S/C12H17N3O3/c1-4-12(3,11(17)18)15-9-6-8(10(13)16)5-7(2)14-9/h5-6H,4H2,1-3H3,(H2,13,16)(H,14,15)(H,17,18). The lowest BCUT2D eigenvalue weighted by Gasteiger charge is -2.25. The average molecular weight is 251 g/mol. The molecule has 1 aromatic rings. The van der Waals surface area contributed by atoms with E-state index in [-0.39, 0.29) is 0 Å². The molecule has 1 aromatic heterocycles.